The summed E-state index contributed by atoms with van der Waals surface area (Å²) in [6.45, 7) is 1.85. The van der Waals surface area contributed by atoms with Gasteiger partial charge in [0.2, 0.25) is 0 Å². The highest BCUT2D eigenvalue weighted by Gasteiger charge is 2.13. The summed E-state index contributed by atoms with van der Waals surface area (Å²) >= 11 is 0. The molecule has 2 rings (SSSR count). The third kappa shape index (κ3) is 1.37. The minimum Gasteiger partial charge on any atom is -0.360 e. The van der Waals surface area contributed by atoms with Gasteiger partial charge in [0.1, 0.15) is 6.23 Å². The van der Waals surface area contributed by atoms with E-state index in [1.54, 1.807) is 11.8 Å². The summed E-state index contributed by atoms with van der Waals surface area (Å²) in [6, 6.07) is 7.54. The molecule has 4 heteroatoms. The van der Waals surface area contributed by atoms with Crippen LogP contribution < -0.4 is 5.56 Å². The largest absolute Gasteiger partial charge is 0.360 e. The summed E-state index contributed by atoms with van der Waals surface area (Å²) in [4.78, 5) is 12.0. The quantitative estimate of drug-likeness (QED) is 0.746. The molecule has 0 aliphatic carbocycles. The number of fused-ring (bicyclic) bond motifs is 1. The molecule has 0 saturated heterocycles. The van der Waals surface area contributed by atoms with Crippen LogP contribution in [0.2, 0.25) is 0 Å². The predicted molar refractivity (Wildman–Crippen MR) is 58.9 cm³/mol. The molecule has 1 heterocycles. The van der Waals surface area contributed by atoms with Gasteiger partial charge in [-0.05, 0) is 19.1 Å². The Balaban J connectivity index is 2.81. The number of nitrogens with zero attached hydrogens (tertiary/aromatic N) is 2. The highest BCUT2D eigenvalue weighted by atomic mass is 16.5. The smallest absolute Gasteiger partial charge is 0.276 e. The second-order valence-electron chi connectivity index (χ2n) is 3.53. The van der Waals surface area contributed by atoms with Gasteiger partial charge in [-0.15, -0.1) is 0 Å². The van der Waals surface area contributed by atoms with Gasteiger partial charge in [-0.3, -0.25) is 9.48 Å². The Hall–Kier alpha value is -1.55. The number of hydrogen-bond donors (Lipinski definition) is 0. The van der Waals surface area contributed by atoms with Crippen molar-refractivity contribution in [1.29, 1.82) is 0 Å². The Morgan fingerprint density at radius 3 is 2.60 bits per heavy atom. The lowest BCUT2D eigenvalue weighted by Crippen LogP contribution is -2.25. The van der Waals surface area contributed by atoms with Crippen LogP contribution in [0.4, 0.5) is 0 Å². The molecule has 1 unspecified atom stereocenters. The molecule has 0 spiro atoms. The number of benzene rings is 1. The van der Waals surface area contributed by atoms with Gasteiger partial charge in [0.15, 0.2) is 0 Å². The first kappa shape index (κ1) is 9.98. The molecule has 1 atom stereocenters. The zero-order valence-corrected chi connectivity index (χ0v) is 9.10. The average molecular weight is 206 g/mol. The van der Waals surface area contributed by atoms with Crippen molar-refractivity contribution >= 4 is 10.9 Å². The van der Waals surface area contributed by atoms with Crippen LogP contribution in [-0.2, 0) is 11.8 Å². The van der Waals surface area contributed by atoms with Gasteiger partial charge in [-0.25, -0.2) is 4.68 Å². The first-order valence-corrected chi connectivity index (χ1v) is 4.86. The molecule has 1 aromatic carbocycles. The van der Waals surface area contributed by atoms with Crippen molar-refractivity contribution < 1.29 is 4.74 Å². The van der Waals surface area contributed by atoms with Crippen LogP contribution in [0.5, 0.6) is 0 Å². The monoisotopic (exact) mass is 206 g/mol. The number of methoxy groups -OCH3 is 1. The maximum Gasteiger partial charge on any atom is 0.276 e. The van der Waals surface area contributed by atoms with E-state index in [0.717, 1.165) is 10.9 Å². The molecule has 0 radical (unpaired) electrons. The maximum atomic E-state index is 12.0. The third-order valence-electron chi connectivity index (χ3n) is 2.70. The molecular formula is C11H14N2O2. The van der Waals surface area contributed by atoms with Crippen LogP contribution in [0.1, 0.15) is 13.2 Å². The molecule has 15 heavy (non-hydrogen) atoms. The van der Waals surface area contributed by atoms with Crippen LogP contribution in [0.3, 0.4) is 0 Å². The van der Waals surface area contributed by atoms with Crippen molar-refractivity contribution in [2.45, 2.75) is 13.2 Å². The minimum absolute atomic E-state index is 0.0116. The number of ether oxygens (including phenoxy) is 1. The first-order valence-electron chi connectivity index (χ1n) is 4.86. The molecule has 2 aromatic rings. The molecule has 1 aromatic heterocycles. The second-order valence-corrected chi connectivity index (χ2v) is 3.53. The fraction of sp³-hybridized carbons (Fsp3) is 0.364. The molecular weight excluding hydrogens is 192 g/mol. The van der Waals surface area contributed by atoms with E-state index in [1.165, 1.54) is 0 Å². The number of para-hydroxylation sites is 1. The highest BCUT2D eigenvalue weighted by Crippen LogP contribution is 2.12. The lowest BCUT2D eigenvalue weighted by atomic mass is 10.2. The van der Waals surface area contributed by atoms with Crippen molar-refractivity contribution in [3.63, 3.8) is 0 Å². The molecule has 0 aliphatic heterocycles. The summed E-state index contributed by atoms with van der Waals surface area (Å²) in [5, 5.41) is 0.726. The topological polar surface area (TPSA) is 36.2 Å². The lowest BCUT2D eigenvalue weighted by Gasteiger charge is -2.13. The Labute approximate surface area is 87.7 Å². The Kier molecular flexibility index (Phi) is 2.36. The van der Waals surface area contributed by atoms with Crippen LogP contribution >= 0.6 is 0 Å². The first-order chi connectivity index (χ1) is 7.16. The Morgan fingerprint density at radius 2 is 2.00 bits per heavy atom. The van der Waals surface area contributed by atoms with Gasteiger partial charge >= 0.3 is 0 Å². The lowest BCUT2D eigenvalue weighted by molar-refractivity contribution is 0.0395. The molecule has 0 aliphatic rings. The zero-order valence-electron chi connectivity index (χ0n) is 9.10. The van der Waals surface area contributed by atoms with Crippen molar-refractivity contribution in [1.82, 2.24) is 9.36 Å². The van der Waals surface area contributed by atoms with E-state index in [9.17, 15) is 4.79 Å². The fourth-order valence-electron chi connectivity index (χ4n) is 1.82. The zero-order chi connectivity index (χ0) is 11.0. The molecule has 0 bridgehead atoms. The summed E-state index contributed by atoms with van der Waals surface area (Å²) in [6.07, 6.45) is -0.255. The second kappa shape index (κ2) is 3.55. The van der Waals surface area contributed by atoms with E-state index in [0.29, 0.717) is 0 Å². The van der Waals surface area contributed by atoms with Gasteiger partial charge in [0.05, 0.1) is 10.9 Å². The standard InChI is InChI=1S/C11H14N2O2/c1-8(15-3)13-11(14)9-6-4-5-7-10(9)12(13)2/h4-8H,1-3H3. The van der Waals surface area contributed by atoms with Gasteiger partial charge in [-0.1, -0.05) is 12.1 Å². The summed E-state index contributed by atoms with van der Waals surface area (Å²) in [7, 11) is 3.45. The van der Waals surface area contributed by atoms with Crippen molar-refractivity contribution in [3.05, 3.63) is 34.6 Å². The summed E-state index contributed by atoms with van der Waals surface area (Å²) in [5.74, 6) is 0. The van der Waals surface area contributed by atoms with Gasteiger partial charge in [-0.2, -0.15) is 0 Å². The number of aryl methyl sites for hydroxylation is 1. The number of aromatic nitrogens is 2. The van der Waals surface area contributed by atoms with Crippen molar-refractivity contribution in [2.75, 3.05) is 7.11 Å². The highest BCUT2D eigenvalue weighted by molar-refractivity contribution is 5.78. The fourth-order valence-corrected chi connectivity index (χ4v) is 1.82. The Morgan fingerprint density at radius 1 is 1.33 bits per heavy atom. The maximum absolute atomic E-state index is 12.0. The van der Waals surface area contributed by atoms with Crippen LogP contribution in [0.15, 0.2) is 29.1 Å². The van der Waals surface area contributed by atoms with Gasteiger partial charge in [0, 0.05) is 14.2 Å². The predicted octanol–water partition coefficient (Wildman–Crippen LogP) is 1.50. The molecule has 0 fully saturated rings. The third-order valence-corrected chi connectivity index (χ3v) is 2.70. The average Bonchev–Trinajstić information content (AvgIpc) is 2.52. The van der Waals surface area contributed by atoms with E-state index in [1.807, 2.05) is 42.9 Å². The van der Waals surface area contributed by atoms with E-state index in [2.05, 4.69) is 0 Å². The number of hydrogen-bond acceptors (Lipinski definition) is 2. The normalized spacial score (nSPS) is 13.3. The molecule has 0 amide bonds. The van der Waals surface area contributed by atoms with Gasteiger partial charge < -0.3 is 4.74 Å². The van der Waals surface area contributed by atoms with Crippen molar-refractivity contribution in [3.8, 4) is 0 Å². The van der Waals surface area contributed by atoms with E-state index >= 15 is 0 Å². The SMILES string of the molecule is COC(C)n1c(=O)c2ccccc2n1C. The van der Waals surface area contributed by atoms with E-state index in [-0.39, 0.29) is 11.8 Å². The van der Waals surface area contributed by atoms with E-state index < -0.39 is 0 Å². The van der Waals surface area contributed by atoms with Crippen LogP contribution in [0.25, 0.3) is 10.9 Å². The number of rotatable bonds is 2. The van der Waals surface area contributed by atoms with Crippen LogP contribution in [0, 0.1) is 0 Å². The van der Waals surface area contributed by atoms with Crippen LogP contribution in [-0.4, -0.2) is 16.5 Å². The molecule has 4 nitrogen and oxygen atoms in total. The molecule has 0 saturated carbocycles. The molecule has 80 valence electrons. The molecule has 0 N–H and O–H groups in total. The Bertz CT molecular complexity index is 539. The summed E-state index contributed by atoms with van der Waals surface area (Å²) < 4.78 is 8.60. The minimum atomic E-state index is -0.255. The van der Waals surface area contributed by atoms with Gasteiger partial charge in [0.25, 0.3) is 5.56 Å². The summed E-state index contributed by atoms with van der Waals surface area (Å²) in [5.41, 5.74) is 0.911. The van der Waals surface area contributed by atoms with E-state index in [4.69, 9.17) is 4.74 Å². The van der Waals surface area contributed by atoms with Crippen molar-refractivity contribution in [2.24, 2.45) is 7.05 Å².